The van der Waals surface area contributed by atoms with E-state index in [1.54, 1.807) is 23.1 Å². The van der Waals surface area contributed by atoms with Crippen molar-refractivity contribution < 1.29 is 4.79 Å². The van der Waals surface area contributed by atoms with E-state index in [1.165, 1.54) is 12.8 Å². The second-order valence-electron chi connectivity index (χ2n) is 4.61. The fourth-order valence-corrected chi connectivity index (χ4v) is 4.11. The van der Waals surface area contributed by atoms with Crippen LogP contribution in [0.4, 0.5) is 5.13 Å². The van der Waals surface area contributed by atoms with Crippen LogP contribution in [0.1, 0.15) is 38.5 Å². The lowest BCUT2D eigenvalue weighted by Gasteiger charge is -2.17. The van der Waals surface area contributed by atoms with Crippen molar-refractivity contribution in [1.29, 1.82) is 0 Å². The summed E-state index contributed by atoms with van der Waals surface area (Å²) in [5.41, 5.74) is 0. The molecule has 2 aliphatic rings. The molecule has 0 bridgehead atoms. The third-order valence-electron chi connectivity index (χ3n) is 3.05. The van der Waals surface area contributed by atoms with Gasteiger partial charge in [0.25, 0.3) is 0 Å². The standard InChI is InChI=1S/C11H15N3OS2/c15-8-3-1-2-4-9(8)16-11-14-13-10(17-11)12-7-5-6-7/h7,9H,1-6H2,(H,12,13). The van der Waals surface area contributed by atoms with Crippen molar-refractivity contribution >= 4 is 34.0 Å². The van der Waals surface area contributed by atoms with Crippen molar-refractivity contribution in [3.63, 3.8) is 0 Å². The van der Waals surface area contributed by atoms with Crippen LogP contribution < -0.4 is 5.32 Å². The third kappa shape index (κ3) is 2.98. The van der Waals surface area contributed by atoms with Gasteiger partial charge in [-0.3, -0.25) is 4.79 Å². The molecule has 1 aromatic rings. The largest absolute Gasteiger partial charge is 0.357 e. The first kappa shape index (κ1) is 11.5. The minimum atomic E-state index is 0.116. The number of hydrogen-bond donors (Lipinski definition) is 1. The van der Waals surface area contributed by atoms with Gasteiger partial charge in [0.05, 0.1) is 5.25 Å². The van der Waals surface area contributed by atoms with Crippen LogP contribution >= 0.6 is 23.1 Å². The van der Waals surface area contributed by atoms with E-state index in [1.807, 2.05) is 0 Å². The first-order valence-corrected chi connectivity index (χ1v) is 7.80. The van der Waals surface area contributed by atoms with Crippen LogP contribution in [0, 0.1) is 0 Å². The first-order chi connectivity index (χ1) is 8.31. The lowest BCUT2D eigenvalue weighted by molar-refractivity contribution is -0.119. The maximum Gasteiger partial charge on any atom is 0.206 e. The van der Waals surface area contributed by atoms with Crippen LogP contribution in [-0.4, -0.2) is 27.3 Å². The average molecular weight is 269 g/mol. The first-order valence-electron chi connectivity index (χ1n) is 6.11. The summed E-state index contributed by atoms with van der Waals surface area (Å²) in [6.07, 6.45) is 6.43. The lowest BCUT2D eigenvalue weighted by Crippen LogP contribution is -2.21. The molecule has 1 heterocycles. The molecule has 0 aromatic carbocycles. The molecule has 6 heteroatoms. The van der Waals surface area contributed by atoms with Crippen LogP contribution in [0.5, 0.6) is 0 Å². The molecule has 2 saturated carbocycles. The van der Waals surface area contributed by atoms with Crippen LogP contribution in [0.25, 0.3) is 0 Å². The fourth-order valence-electron chi connectivity index (χ4n) is 1.92. The summed E-state index contributed by atoms with van der Waals surface area (Å²) in [7, 11) is 0. The Bertz CT molecular complexity index is 417. The highest BCUT2D eigenvalue weighted by atomic mass is 32.2. The summed E-state index contributed by atoms with van der Waals surface area (Å²) in [5.74, 6) is 0.383. The SMILES string of the molecule is O=C1CCCCC1Sc1nnc(NC2CC2)s1. The molecule has 17 heavy (non-hydrogen) atoms. The van der Waals surface area contributed by atoms with E-state index in [4.69, 9.17) is 0 Å². The molecule has 0 aliphatic heterocycles. The highest BCUT2D eigenvalue weighted by molar-refractivity contribution is 8.02. The monoisotopic (exact) mass is 269 g/mol. The Kier molecular flexibility index (Phi) is 3.33. The van der Waals surface area contributed by atoms with Gasteiger partial charge in [0.1, 0.15) is 5.78 Å². The maximum atomic E-state index is 11.7. The van der Waals surface area contributed by atoms with Crippen molar-refractivity contribution in [2.75, 3.05) is 5.32 Å². The van der Waals surface area contributed by atoms with Crippen molar-refractivity contribution in [3.05, 3.63) is 0 Å². The summed E-state index contributed by atoms with van der Waals surface area (Å²) in [5, 5.41) is 12.6. The second-order valence-corrected chi connectivity index (χ2v) is 7.04. The molecule has 3 rings (SSSR count). The number of carbonyl (C=O) groups excluding carboxylic acids is 1. The van der Waals surface area contributed by atoms with Gasteiger partial charge in [-0.25, -0.2) is 0 Å². The van der Waals surface area contributed by atoms with Gasteiger partial charge in [-0.1, -0.05) is 29.5 Å². The van der Waals surface area contributed by atoms with E-state index < -0.39 is 0 Å². The topological polar surface area (TPSA) is 54.9 Å². The molecule has 1 N–H and O–H groups in total. The Labute approximate surface area is 109 Å². The second kappa shape index (κ2) is 4.94. The molecular weight excluding hydrogens is 254 g/mol. The summed E-state index contributed by atoms with van der Waals surface area (Å²) in [6, 6.07) is 0.608. The van der Waals surface area contributed by atoms with Gasteiger partial charge in [-0.2, -0.15) is 0 Å². The number of ketones is 1. The zero-order valence-electron chi connectivity index (χ0n) is 9.52. The minimum absolute atomic E-state index is 0.116. The van der Waals surface area contributed by atoms with Crippen molar-refractivity contribution in [2.45, 2.75) is 54.2 Å². The van der Waals surface area contributed by atoms with Crippen molar-refractivity contribution in [2.24, 2.45) is 0 Å². The molecule has 2 fully saturated rings. The van der Waals surface area contributed by atoms with Crippen LogP contribution in [0.15, 0.2) is 4.34 Å². The number of nitrogens with one attached hydrogen (secondary N) is 1. The number of aromatic nitrogens is 2. The van der Waals surface area contributed by atoms with E-state index in [9.17, 15) is 4.79 Å². The Morgan fingerprint density at radius 1 is 1.24 bits per heavy atom. The van der Waals surface area contributed by atoms with Crippen molar-refractivity contribution in [3.8, 4) is 0 Å². The quantitative estimate of drug-likeness (QED) is 0.911. The predicted octanol–water partition coefficient (Wildman–Crippen LogP) is 2.72. The average Bonchev–Trinajstić information content (AvgIpc) is 3.02. The molecule has 0 radical (unpaired) electrons. The van der Waals surface area contributed by atoms with Crippen molar-refractivity contribution in [1.82, 2.24) is 10.2 Å². The van der Waals surface area contributed by atoms with Gasteiger partial charge >= 0.3 is 0 Å². The van der Waals surface area contributed by atoms with Gasteiger partial charge in [0.2, 0.25) is 5.13 Å². The molecule has 2 aliphatic carbocycles. The normalized spacial score (nSPS) is 24.9. The summed E-state index contributed by atoms with van der Waals surface area (Å²) in [4.78, 5) is 11.7. The lowest BCUT2D eigenvalue weighted by atomic mass is 9.99. The maximum absolute atomic E-state index is 11.7. The smallest absolute Gasteiger partial charge is 0.206 e. The van der Waals surface area contributed by atoms with E-state index in [0.29, 0.717) is 11.8 Å². The van der Waals surface area contributed by atoms with Crippen LogP contribution in [0.2, 0.25) is 0 Å². The molecule has 92 valence electrons. The molecule has 0 amide bonds. The Morgan fingerprint density at radius 3 is 2.88 bits per heavy atom. The molecule has 1 aromatic heterocycles. The van der Waals surface area contributed by atoms with Gasteiger partial charge < -0.3 is 5.32 Å². The van der Waals surface area contributed by atoms with Gasteiger partial charge in [-0.15, -0.1) is 10.2 Å². The molecular formula is C11H15N3OS2. The van der Waals surface area contributed by atoms with E-state index in [0.717, 1.165) is 35.2 Å². The number of rotatable bonds is 4. The van der Waals surface area contributed by atoms with Gasteiger partial charge in [0, 0.05) is 12.5 Å². The van der Waals surface area contributed by atoms with E-state index in [2.05, 4.69) is 15.5 Å². The van der Waals surface area contributed by atoms with E-state index >= 15 is 0 Å². The highest BCUT2D eigenvalue weighted by Gasteiger charge is 2.26. The minimum Gasteiger partial charge on any atom is -0.357 e. The Morgan fingerprint density at radius 2 is 2.12 bits per heavy atom. The van der Waals surface area contributed by atoms with Gasteiger partial charge in [0.15, 0.2) is 4.34 Å². The Hall–Kier alpha value is -0.620. The molecule has 4 nitrogen and oxygen atoms in total. The predicted molar refractivity (Wildman–Crippen MR) is 69.7 cm³/mol. The number of anilines is 1. The fraction of sp³-hybridized carbons (Fsp3) is 0.727. The number of nitrogens with zero attached hydrogens (tertiary/aromatic N) is 2. The number of thioether (sulfide) groups is 1. The summed E-state index contributed by atoms with van der Waals surface area (Å²) >= 11 is 3.17. The Balaban J connectivity index is 1.59. The third-order valence-corrected chi connectivity index (χ3v) is 5.31. The zero-order valence-corrected chi connectivity index (χ0v) is 11.1. The van der Waals surface area contributed by atoms with Crippen LogP contribution in [0.3, 0.4) is 0 Å². The van der Waals surface area contributed by atoms with E-state index in [-0.39, 0.29) is 5.25 Å². The molecule has 1 atom stereocenters. The molecule has 0 saturated heterocycles. The van der Waals surface area contributed by atoms with Gasteiger partial charge in [-0.05, 0) is 25.7 Å². The molecule has 0 spiro atoms. The number of hydrogen-bond acceptors (Lipinski definition) is 6. The number of Topliss-reactive ketones (excluding diaryl/α,β-unsaturated/α-hetero) is 1. The molecule has 1 unspecified atom stereocenters. The highest BCUT2D eigenvalue weighted by Crippen LogP contribution is 2.35. The zero-order chi connectivity index (χ0) is 11.7. The number of carbonyl (C=O) groups is 1. The summed E-state index contributed by atoms with van der Waals surface area (Å²) < 4.78 is 0.924. The summed E-state index contributed by atoms with van der Waals surface area (Å²) in [6.45, 7) is 0. The van der Waals surface area contributed by atoms with Crippen LogP contribution in [-0.2, 0) is 4.79 Å².